The number of hydrogen-bond acceptors (Lipinski definition) is 6. The van der Waals surface area contributed by atoms with Crippen LogP contribution in [0, 0.1) is 10.1 Å². The molecule has 0 N–H and O–H groups in total. The van der Waals surface area contributed by atoms with E-state index >= 15 is 0 Å². The summed E-state index contributed by atoms with van der Waals surface area (Å²) < 4.78 is 11.7. The van der Waals surface area contributed by atoms with Gasteiger partial charge in [-0.3, -0.25) is 14.9 Å². The van der Waals surface area contributed by atoms with Gasteiger partial charge in [-0.1, -0.05) is 12.1 Å². The van der Waals surface area contributed by atoms with Gasteiger partial charge in [-0.25, -0.2) is 0 Å². The van der Waals surface area contributed by atoms with E-state index in [9.17, 15) is 14.9 Å². The molecule has 0 radical (unpaired) electrons. The van der Waals surface area contributed by atoms with Gasteiger partial charge in [0, 0.05) is 31.3 Å². The van der Waals surface area contributed by atoms with Crippen LogP contribution in [0.25, 0.3) is 0 Å². The summed E-state index contributed by atoms with van der Waals surface area (Å²) in [5.74, 6) is 1.10. The molecule has 0 spiro atoms. The number of likely N-dealkylation sites (N-methyl/N-ethyl adjacent to an activating group) is 1. The summed E-state index contributed by atoms with van der Waals surface area (Å²) in [5.41, 5.74) is 0.881. The van der Waals surface area contributed by atoms with E-state index in [-0.39, 0.29) is 17.7 Å². The maximum atomic E-state index is 13.2. The lowest BCUT2D eigenvalue weighted by Crippen LogP contribution is -2.43. The van der Waals surface area contributed by atoms with E-state index in [2.05, 4.69) is 0 Å². The van der Waals surface area contributed by atoms with E-state index in [0.29, 0.717) is 42.4 Å². The Labute approximate surface area is 181 Å². The van der Waals surface area contributed by atoms with Gasteiger partial charge in [-0.05, 0) is 50.5 Å². The van der Waals surface area contributed by atoms with Crippen LogP contribution in [0.4, 0.5) is 11.4 Å². The van der Waals surface area contributed by atoms with Crippen molar-refractivity contribution >= 4 is 17.3 Å². The summed E-state index contributed by atoms with van der Waals surface area (Å²) in [6, 6.07) is 12.2. The predicted octanol–water partition coefficient (Wildman–Crippen LogP) is 3.89. The Bertz CT molecular complexity index is 958. The van der Waals surface area contributed by atoms with Gasteiger partial charge in [0.15, 0.2) is 17.6 Å². The SMILES string of the molecule is CCN(C[C@@H]1COc2ccccc2O1)C(=O)c1ccc(N2CCCCC2)c([N+](=O)[O-])c1. The molecule has 31 heavy (non-hydrogen) atoms. The van der Waals surface area contributed by atoms with Gasteiger partial charge in [0.2, 0.25) is 0 Å². The molecule has 0 saturated carbocycles. The highest BCUT2D eigenvalue weighted by Gasteiger charge is 2.28. The number of benzene rings is 2. The fraction of sp³-hybridized carbons (Fsp3) is 0.435. The number of piperidine rings is 1. The molecule has 1 atom stereocenters. The molecule has 1 fully saturated rings. The average Bonchev–Trinajstić information content (AvgIpc) is 2.82. The second kappa shape index (κ2) is 9.24. The van der Waals surface area contributed by atoms with E-state index in [1.807, 2.05) is 36.1 Å². The Morgan fingerprint density at radius 1 is 1.16 bits per heavy atom. The highest BCUT2D eigenvalue weighted by molar-refractivity contribution is 5.95. The molecule has 0 bridgehead atoms. The first-order chi connectivity index (χ1) is 15.1. The Morgan fingerprint density at radius 2 is 1.90 bits per heavy atom. The monoisotopic (exact) mass is 425 g/mol. The molecule has 164 valence electrons. The number of nitrogens with zero attached hydrogens (tertiary/aromatic N) is 3. The summed E-state index contributed by atoms with van der Waals surface area (Å²) in [4.78, 5) is 28.2. The van der Waals surface area contributed by atoms with E-state index in [1.54, 1.807) is 17.0 Å². The molecule has 0 aromatic heterocycles. The molecule has 0 unspecified atom stereocenters. The smallest absolute Gasteiger partial charge is 0.293 e. The lowest BCUT2D eigenvalue weighted by molar-refractivity contribution is -0.384. The summed E-state index contributed by atoms with van der Waals surface area (Å²) >= 11 is 0. The lowest BCUT2D eigenvalue weighted by atomic mass is 10.1. The van der Waals surface area contributed by atoms with Crippen LogP contribution in [0.3, 0.4) is 0 Å². The van der Waals surface area contributed by atoms with Gasteiger partial charge < -0.3 is 19.3 Å². The minimum atomic E-state index is -0.397. The summed E-state index contributed by atoms with van der Waals surface area (Å²) in [6.07, 6.45) is 2.88. The van der Waals surface area contributed by atoms with Crippen LogP contribution < -0.4 is 14.4 Å². The Morgan fingerprint density at radius 3 is 2.61 bits per heavy atom. The molecule has 2 aliphatic rings. The van der Waals surface area contributed by atoms with Crippen molar-refractivity contribution in [3.05, 3.63) is 58.1 Å². The highest BCUT2D eigenvalue weighted by Crippen LogP contribution is 2.33. The summed E-state index contributed by atoms with van der Waals surface area (Å²) in [6.45, 7) is 4.62. The van der Waals surface area contributed by atoms with E-state index in [1.165, 1.54) is 6.07 Å². The van der Waals surface area contributed by atoms with Gasteiger partial charge in [0.1, 0.15) is 12.3 Å². The van der Waals surface area contributed by atoms with Crippen LogP contribution in [0.15, 0.2) is 42.5 Å². The van der Waals surface area contributed by atoms with Gasteiger partial charge in [-0.2, -0.15) is 0 Å². The second-order valence-corrected chi connectivity index (χ2v) is 7.85. The van der Waals surface area contributed by atoms with Gasteiger partial charge in [0.25, 0.3) is 11.6 Å². The fourth-order valence-electron chi connectivity index (χ4n) is 4.14. The first kappa shape index (κ1) is 21.0. The number of ether oxygens (including phenoxy) is 2. The number of nitro benzene ring substituents is 1. The molecular weight excluding hydrogens is 398 g/mol. The average molecular weight is 425 g/mol. The predicted molar refractivity (Wildman–Crippen MR) is 117 cm³/mol. The van der Waals surface area contributed by atoms with Crippen LogP contribution in [0.1, 0.15) is 36.5 Å². The van der Waals surface area contributed by atoms with Crippen molar-refractivity contribution in [2.45, 2.75) is 32.3 Å². The number of carbonyl (C=O) groups excluding carboxylic acids is 1. The number of anilines is 1. The van der Waals surface area contributed by atoms with Crippen molar-refractivity contribution in [2.75, 3.05) is 37.7 Å². The van der Waals surface area contributed by atoms with E-state index < -0.39 is 4.92 Å². The topological polar surface area (TPSA) is 85.2 Å². The minimum Gasteiger partial charge on any atom is -0.486 e. The molecule has 1 amide bonds. The van der Waals surface area contributed by atoms with Crippen molar-refractivity contribution in [3.8, 4) is 11.5 Å². The van der Waals surface area contributed by atoms with Crippen LogP contribution in [-0.2, 0) is 0 Å². The first-order valence-electron chi connectivity index (χ1n) is 10.8. The van der Waals surface area contributed by atoms with Crippen molar-refractivity contribution in [1.82, 2.24) is 4.90 Å². The maximum absolute atomic E-state index is 13.2. The zero-order chi connectivity index (χ0) is 21.8. The van der Waals surface area contributed by atoms with Crippen molar-refractivity contribution in [2.24, 2.45) is 0 Å². The summed E-state index contributed by atoms with van der Waals surface area (Å²) in [7, 11) is 0. The molecular formula is C23H27N3O5. The fourth-order valence-corrected chi connectivity index (χ4v) is 4.14. The normalized spacial score (nSPS) is 17.8. The van der Waals surface area contributed by atoms with Crippen molar-refractivity contribution < 1.29 is 19.2 Å². The zero-order valence-corrected chi connectivity index (χ0v) is 17.7. The van der Waals surface area contributed by atoms with Crippen LogP contribution >= 0.6 is 0 Å². The third-order valence-electron chi connectivity index (χ3n) is 5.78. The third kappa shape index (κ3) is 4.57. The molecule has 4 rings (SSSR count). The van der Waals surface area contributed by atoms with E-state index in [0.717, 1.165) is 32.4 Å². The quantitative estimate of drug-likeness (QED) is 0.516. The number of carbonyl (C=O) groups is 1. The second-order valence-electron chi connectivity index (χ2n) is 7.85. The number of fused-ring (bicyclic) bond motifs is 1. The number of hydrogen-bond donors (Lipinski definition) is 0. The van der Waals surface area contributed by atoms with E-state index in [4.69, 9.17) is 9.47 Å². The standard InChI is InChI=1S/C23H27N3O5/c1-2-24(15-18-16-30-21-8-4-5-9-22(21)31-18)23(27)17-10-11-19(20(14-17)26(28)29)25-12-6-3-7-13-25/h4-5,8-11,14,18H,2-3,6-7,12-13,15-16H2,1H3/t18-/m1/s1. The third-order valence-corrected chi connectivity index (χ3v) is 5.78. The largest absolute Gasteiger partial charge is 0.486 e. The van der Waals surface area contributed by atoms with Gasteiger partial charge >= 0.3 is 0 Å². The zero-order valence-electron chi connectivity index (χ0n) is 17.7. The molecule has 2 heterocycles. The molecule has 1 saturated heterocycles. The molecule has 8 heteroatoms. The molecule has 0 aliphatic carbocycles. The molecule has 2 aliphatic heterocycles. The van der Waals surface area contributed by atoms with Crippen LogP contribution in [0.2, 0.25) is 0 Å². The van der Waals surface area contributed by atoms with Crippen molar-refractivity contribution in [3.63, 3.8) is 0 Å². The molecule has 2 aromatic carbocycles. The van der Waals surface area contributed by atoms with Crippen LogP contribution in [-0.4, -0.2) is 54.6 Å². The number of para-hydroxylation sites is 2. The van der Waals surface area contributed by atoms with Crippen LogP contribution in [0.5, 0.6) is 11.5 Å². The molecule has 2 aromatic rings. The lowest BCUT2D eigenvalue weighted by Gasteiger charge is -2.31. The minimum absolute atomic E-state index is 0.0185. The first-order valence-corrected chi connectivity index (χ1v) is 10.8. The maximum Gasteiger partial charge on any atom is 0.293 e. The Balaban J connectivity index is 1.50. The Hall–Kier alpha value is -3.29. The van der Waals surface area contributed by atoms with Gasteiger partial charge in [0.05, 0.1) is 11.5 Å². The van der Waals surface area contributed by atoms with Gasteiger partial charge in [-0.15, -0.1) is 0 Å². The molecule has 8 nitrogen and oxygen atoms in total. The number of rotatable bonds is 6. The number of amides is 1. The summed E-state index contributed by atoms with van der Waals surface area (Å²) in [5, 5.41) is 11.7. The number of nitro groups is 1. The highest BCUT2D eigenvalue weighted by atomic mass is 16.6. The Kier molecular flexibility index (Phi) is 6.25. The van der Waals surface area contributed by atoms with Crippen molar-refractivity contribution in [1.29, 1.82) is 0 Å².